The average molecular weight is 393 g/mol. The molecule has 0 spiro atoms. The summed E-state index contributed by atoms with van der Waals surface area (Å²) in [4.78, 5) is 20.9. The van der Waals surface area contributed by atoms with Gasteiger partial charge in [-0.1, -0.05) is 12.1 Å². The predicted octanol–water partition coefficient (Wildman–Crippen LogP) is 4.16. The molecule has 1 amide bonds. The van der Waals surface area contributed by atoms with Gasteiger partial charge in [0.05, 0.1) is 18.9 Å². The van der Waals surface area contributed by atoms with Crippen molar-refractivity contribution in [1.29, 1.82) is 0 Å². The fourth-order valence-corrected chi connectivity index (χ4v) is 3.09. The van der Waals surface area contributed by atoms with E-state index >= 15 is 0 Å². The third-order valence-electron chi connectivity index (χ3n) is 3.63. The highest BCUT2D eigenvalue weighted by atomic mass is 32.1. The van der Waals surface area contributed by atoms with Crippen LogP contribution in [0, 0.1) is 0 Å². The van der Waals surface area contributed by atoms with Gasteiger partial charge in [-0.25, -0.2) is 9.97 Å². The summed E-state index contributed by atoms with van der Waals surface area (Å²) in [7, 11) is 1.51. The fourth-order valence-electron chi connectivity index (χ4n) is 2.27. The average Bonchev–Trinajstić information content (AvgIpc) is 3.16. The van der Waals surface area contributed by atoms with Crippen molar-refractivity contribution >= 4 is 17.2 Å². The fraction of sp³-hybridized carbons (Fsp3) is 0.167. The molecule has 0 saturated heterocycles. The molecule has 1 aromatic carbocycles. The smallest absolute Gasteiger partial charge is 0.416 e. The number of hydrogen-bond acceptors (Lipinski definition) is 5. The highest BCUT2D eigenvalue weighted by molar-refractivity contribution is 7.16. The molecule has 0 saturated carbocycles. The predicted molar refractivity (Wildman–Crippen MR) is 94.5 cm³/mol. The Hall–Kier alpha value is -2.94. The number of nitrogens with zero attached hydrogens (tertiary/aromatic N) is 2. The summed E-state index contributed by atoms with van der Waals surface area (Å²) < 4.78 is 43.2. The minimum atomic E-state index is -4.42. The first kappa shape index (κ1) is 18.8. The Morgan fingerprint density at radius 1 is 1.19 bits per heavy atom. The van der Waals surface area contributed by atoms with Crippen LogP contribution in [0.2, 0.25) is 0 Å². The monoisotopic (exact) mass is 393 g/mol. The minimum Gasteiger partial charge on any atom is -0.481 e. The number of benzene rings is 1. The van der Waals surface area contributed by atoms with Crippen LogP contribution in [-0.2, 0) is 12.7 Å². The number of thiazole rings is 1. The van der Waals surface area contributed by atoms with Crippen molar-refractivity contribution in [2.45, 2.75) is 12.7 Å². The molecule has 1 N–H and O–H groups in total. The third kappa shape index (κ3) is 4.62. The summed E-state index contributed by atoms with van der Waals surface area (Å²) in [5.41, 5.74) is 0.348. The zero-order chi connectivity index (χ0) is 19.4. The molecule has 0 aliphatic rings. The summed E-state index contributed by atoms with van der Waals surface area (Å²) in [5.74, 6) is 0.0620. The molecule has 0 bridgehead atoms. The van der Waals surface area contributed by atoms with Crippen LogP contribution in [0.3, 0.4) is 0 Å². The maximum absolute atomic E-state index is 12.7. The van der Waals surface area contributed by atoms with Crippen molar-refractivity contribution in [2.24, 2.45) is 0 Å². The lowest BCUT2D eigenvalue weighted by atomic mass is 10.1. The van der Waals surface area contributed by atoms with E-state index in [4.69, 9.17) is 4.74 Å². The lowest BCUT2D eigenvalue weighted by molar-refractivity contribution is -0.137. The zero-order valence-electron chi connectivity index (χ0n) is 14.1. The third-order valence-corrected chi connectivity index (χ3v) is 4.67. The number of carbonyl (C=O) groups is 1. The van der Waals surface area contributed by atoms with Gasteiger partial charge >= 0.3 is 6.18 Å². The van der Waals surface area contributed by atoms with Crippen molar-refractivity contribution in [1.82, 2.24) is 15.3 Å². The van der Waals surface area contributed by atoms with E-state index in [-0.39, 0.29) is 6.54 Å². The van der Waals surface area contributed by atoms with Crippen molar-refractivity contribution in [3.63, 3.8) is 0 Å². The van der Waals surface area contributed by atoms with Crippen LogP contribution in [0.5, 0.6) is 5.88 Å². The van der Waals surface area contributed by atoms with Crippen LogP contribution < -0.4 is 10.1 Å². The molecule has 0 unspecified atom stereocenters. The van der Waals surface area contributed by atoms with Gasteiger partial charge in [0.2, 0.25) is 5.88 Å². The molecule has 0 aliphatic carbocycles. The van der Waals surface area contributed by atoms with Gasteiger partial charge in [-0.3, -0.25) is 4.79 Å². The van der Waals surface area contributed by atoms with Crippen LogP contribution in [0.15, 0.2) is 48.8 Å². The number of rotatable bonds is 5. The number of carbonyl (C=O) groups excluding carboxylic acids is 1. The largest absolute Gasteiger partial charge is 0.481 e. The molecular formula is C18H14F3N3O2S. The molecule has 0 radical (unpaired) electrons. The first-order valence-corrected chi connectivity index (χ1v) is 8.59. The van der Waals surface area contributed by atoms with E-state index in [1.165, 1.54) is 36.8 Å². The van der Waals surface area contributed by atoms with Gasteiger partial charge in [0.25, 0.3) is 5.91 Å². The Balaban J connectivity index is 1.66. The molecule has 5 nitrogen and oxygen atoms in total. The first-order chi connectivity index (χ1) is 12.9. The Morgan fingerprint density at radius 2 is 2.00 bits per heavy atom. The Labute approximate surface area is 156 Å². The standard InChI is InChI=1S/C18H14F3N3O2S/c1-26-15-6-5-12(9-22-15)17-24-10-14(27-17)16(25)23-8-11-3-2-4-13(7-11)18(19,20)21/h2-7,9-10H,8H2,1H3,(H,23,25). The number of amides is 1. The summed E-state index contributed by atoms with van der Waals surface area (Å²) in [5, 5.41) is 3.21. The van der Waals surface area contributed by atoms with E-state index in [1.54, 1.807) is 18.3 Å². The number of alkyl halides is 3. The summed E-state index contributed by atoms with van der Waals surface area (Å²) in [6.07, 6.45) is -1.41. The van der Waals surface area contributed by atoms with Gasteiger partial charge in [0.15, 0.2) is 0 Å². The Bertz CT molecular complexity index is 940. The molecule has 2 heterocycles. The van der Waals surface area contributed by atoms with Crippen molar-refractivity contribution in [3.05, 3.63) is 64.8 Å². The van der Waals surface area contributed by atoms with Gasteiger partial charge in [-0.05, 0) is 23.8 Å². The number of aromatic nitrogens is 2. The second kappa shape index (κ2) is 7.75. The number of hydrogen-bond donors (Lipinski definition) is 1. The van der Waals surface area contributed by atoms with E-state index in [0.717, 1.165) is 17.7 Å². The van der Waals surface area contributed by atoms with Gasteiger partial charge in [0, 0.05) is 24.4 Å². The van der Waals surface area contributed by atoms with Gasteiger partial charge in [-0.2, -0.15) is 13.2 Å². The van der Waals surface area contributed by atoms with Crippen LogP contribution >= 0.6 is 11.3 Å². The molecule has 140 valence electrons. The summed E-state index contributed by atoms with van der Waals surface area (Å²) in [6.45, 7) is -0.0138. The number of ether oxygens (including phenoxy) is 1. The number of methoxy groups -OCH3 is 1. The maximum atomic E-state index is 12.7. The van der Waals surface area contributed by atoms with Crippen LogP contribution in [-0.4, -0.2) is 23.0 Å². The van der Waals surface area contributed by atoms with Crippen molar-refractivity contribution < 1.29 is 22.7 Å². The first-order valence-electron chi connectivity index (χ1n) is 7.77. The van der Waals surface area contributed by atoms with Crippen LogP contribution in [0.25, 0.3) is 10.6 Å². The van der Waals surface area contributed by atoms with E-state index < -0.39 is 17.6 Å². The van der Waals surface area contributed by atoms with Crippen molar-refractivity contribution in [2.75, 3.05) is 7.11 Å². The van der Waals surface area contributed by atoms with Gasteiger partial charge in [0.1, 0.15) is 9.88 Å². The van der Waals surface area contributed by atoms with Crippen molar-refractivity contribution in [3.8, 4) is 16.5 Å². The zero-order valence-corrected chi connectivity index (χ0v) is 14.9. The topological polar surface area (TPSA) is 64.1 Å². The van der Waals surface area contributed by atoms with Crippen LogP contribution in [0.4, 0.5) is 13.2 Å². The molecule has 3 aromatic rings. The second-order valence-electron chi connectivity index (χ2n) is 5.50. The maximum Gasteiger partial charge on any atom is 0.416 e. The molecule has 0 fully saturated rings. The molecule has 3 rings (SSSR count). The second-order valence-corrected chi connectivity index (χ2v) is 6.53. The molecule has 9 heteroatoms. The van der Waals surface area contributed by atoms with E-state index in [0.29, 0.717) is 21.3 Å². The normalized spacial score (nSPS) is 11.3. The quantitative estimate of drug-likeness (QED) is 0.707. The SMILES string of the molecule is COc1ccc(-c2ncc(C(=O)NCc3cccc(C(F)(F)F)c3)s2)cn1. The Kier molecular flexibility index (Phi) is 5.41. The molecule has 0 atom stereocenters. The molecular weight excluding hydrogens is 379 g/mol. The molecule has 0 aliphatic heterocycles. The number of halogens is 3. The number of nitrogens with one attached hydrogen (secondary N) is 1. The van der Waals surface area contributed by atoms with E-state index in [9.17, 15) is 18.0 Å². The highest BCUT2D eigenvalue weighted by Gasteiger charge is 2.30. The summed E-state index contributed by atoms with van der Waals surface area (Å²) in [6, 6.07) is 8.30. The van der Waals surface area contributed by atoms with Gasteiger partial charge < -0.3 is 10.1 Å². The van der Waals surface area contributed by atoms with E-state index in [1.807, 2.05) is 0 Å². The highest BCUT2D eigenvalue weighted by Crippen LogP contribution is 2.29. The lowest BCUT2D eigenvalue weighted by Gasteiger charge is -2.09. The lowest BCUT2D eigenvalue weighted by Crippen LogP contribution is -2.22. The van der Waals surface area contributed by atoms with E-state index in [2.05, 4.69) is 15.3 Å². The number of pyridine rings is 1. The molecule has 27 heavy (non-hydrogen) atoms. The Morgan fingerprint density at radius 3 is 2.67 bits per heavy atom. The van der Waals surface area contributed by atoms with Gasteiger partial charge in [-0.15, -0.1) is 11.3 Å². The van der Waals surface area contributed by atoms with Crippen LogP contribution in [0.1, 0.15) is 20.8 Å². The minimum absolute atomic E-state index is 0.0138. The summed E-state index contributed by atoms with van der Waals surface area (Å²) >= 11 is 1.17. The molecule has 2 aromatic heterocycles.